The van der Waals surface area contributed by atoms with Crippen molar-refractivity contribution in [2.24, 2.45) is 23.7 Å². The molecule has 70 heavy (non-hydrogen) atoms. The highest BCUT2D eigenvalue weighted by molar-refractivity contribution is 5.94. The summed E-state index contributed by atoms with van der Waals surface area (Å²) in [7, 11) is 2.64. The number of hydrogen-bond donors (Lipinski definition) is 4. The fourth-order valence-corrected chi connectivity index (χ4v) is 11.5. The van der Waals surface area contributed by atoms with Crippen molar-refractivity contribution in [1.82, 2.24) is 40.4 Å². The van der Waals surface area contributed by atoms with Crippen molar-refractivity contribution in [3.05, 3.63) is 84.4 Å². The largest absolute Gasteiger partial charge is 0.453 e. The molecule has 368 valence electrons. The van der Waals surface area contributed by atoms with Gasteiger partial charge in [-0.25, -0.2) is 19.6 Å². The lowest BCUT2D eigenvalue weighted by Gasteiger charge is -2.36. The molecular formula is C54H64N8O8. The van der Waals surface area contributed by atoms with Crippen LogP contribution in [0.15, 0.2) is 72.8 Å². The lowest BCUT2D eigenvalue weighted by molar-refractivity contribution is -0.139. The Kier molecular flexibility index (Phi) is 13.3. The Morgan fingerprint density at radius 3 is 1.33 bits per heavy atom. The Hall–Kier alpha value is -6.52. The average Bonchev–Trinajstić information content (AvgIpc) is 4.16. The number of carbonyl (C=O) groups excluding carboxylic acids is 4. The summed E-state index contributed by atoms with van der Waals surface area (Å²) in [6.07, 6.45) is 2.99. The molecule has 6 heterocycles. The Morgan fingerprint density at radius 2 is 0.943 bits per heavy atom. The fourth-order valence-electron chi connectivity index (χ4n) is 11.5. The van der Waals surface area contributed by atoms with Crippen LogP contribution in [-0.4, -0.2) is 119 Å². The van der Waals surface area contributed by atoms with Gasteiger partial charge in [0.1, 0.15) is 23.7 Å². The van der Waals surface area contributed by atoms with Crippen LogP contribution in [0.5, 0.6) is 0 Å². The molecule has 4 aliphatic rings. The number of nitrogens with zero attached hydrogens (tertiary/aromatic N) is 4. The van der Waals surface area contributed by atoms with Crippen LogP contribution in [0.4, 0.5) is 9.59 Å². The van der Waals surface area contributed by atoms with Crippen LogP contribution in [0, 0.1) is 23.7 Å². The highest BCUT2D eigenvalue weighted by Gasteiger charge is 2.47. The molecule has 4 saturated heterocycles. The van der Waals surface area contributed by atoms with Crippen LogP contribution in [0.2, 0.25) is 0 Å². The van der Waals surface area contributed by atoms with Crippen LogP contribution in [-0.2, 0) is 28.5 Å². The van der Waals surface area contributed by atoms with Gasteiger partial charge in [-0.15, -0.1) is 0 Å². The summed E-state index contributed by atoms with van der Waals surface area (Å²) in [5, 5.41) is 7.95. The number of aromatic nitrogens is 4. The minimum atomic E-state index is -0.720. The van der Waals surface area contributed by atoms with Crippen molar-refractivity contribution in [3.8, 4) is 22.3 Å². The molecule has 0 aliphatic carbocycles. The topological polar surface area (TPSA) is 193 Å². The molecule has 8 atom stereocenters. The van der Waals surface area contributed by atoms with Gasteiger partial charge in [-0.05, 0) is 145 Å². The summed E-state index contributed by atoms with van der Waals surface area (Å²) in [5.41, 5.74) is 7.65. The van der Waals surface area contributed by atoms with E-state index in [0.717, 1.165) is 79.6 Å². The zero-order chi connectivity index (χ0) is 48.8. The first-order chi connectivity index (χ1) is 33.9. The van der Waals surface area contributed by atoms with Gasteiger partial charge in [-0.2, -0.15) is 0 Å². The molecule has 0 spiro atoms. The van der Waals surface area contributed by atoms with Gasteiger partial charge >= 0.3 is 12.2 Å². The second-order valence-electron chi connectivity index (χ2n) is 20.0. The van der Waals surface area contributed by atoms with Crippen LogP contribution in [0.1, 0.15) is 90.0 Å². The third kappa shape index (κ3) is 9.07. The summed E-state index contributed by atoms with van der Waals surface area (Å²) in [4.78, 5) is 75.0. The van der Waals surface area contributed by atoms with Crippen molar-refractivity contribution in [1.29, 1.82) is 0 Å². The number of rotatable bonds is 10. The summed E-state index contributed by atoms with van der Waals surface area (Å²) < 4.78 is 21.1. The molecule has 6 aromatic rings. The van der Waals surface area contributed by atoms with E-state index in [1.54, 1.807) is 0 Å². The number of fused-ring (bicyclic) bond motifs is 3. The molecule has 2 aromatic heterocycles. The highest BCUT2D eigenvalue weighted by atomic mass is 16.5. The Morgan fingerprint density at radius 1 is 0.571 bits per heavy atom. The zero-order valence-electron chi connectivity index (χ0n) is 40.8. The smallest absolute Gasteiger partial charge is 0.407 e. The predicted octanol–water partition coefficient (Wildman–Crippen LogP) is 8.82. The number of benzene rings is 4. The molecule has 4 aromatic carbocycles. The lowest BCUT2D eigenvalue weighted by Crippen LogP contribution is -2.54. The number of likely N-dealkylation sites (tertiary alicyclic amines) is 2. The van der Waals surface area contributed by atoms with E-state index in [4.69, 9.17) is 28.9 Å². The van der Waals surface area contributed by atoms with Crippen LogP contribution < -0.4 is 10.6 Å². The minimum Gasteiger partial charge on any atom is -0.453 e. The first kappa shape index (κ1) is 47.2. The monoisotopic (exact) mass is 952 g/mol. The molecule has 4 amide bonds. The van der Waals surface area contributed by atoms with Crippen molar-refractivity contribution in [2.45, 2.75) is 102 Å². The van der Waals surface area contributed by atoms with Gasteiger partial charge in [0, 0.05) is 38.5 Å². The predicted molar refractivity (Wildman–Crippen MR) is 266 cm³/mol. The zero-order valence-corrected chi connectivity index (χ0v) is 40.8. The summed E-state index contributed by atoms with van der Waals surface area (Å²) >= 11 is 0. The van der Waals surface area contributed by atoms with Gasteiger partial charge in [-0.3, -0.25) is 9.59 Å². The number of imidazole rings is 2. The minimum absolute atomic E-state index is 0.0529. The standard InChI is InChI=1S/C54H64N8O8/c1-29-23-45(61(31(29)3)51(63)47(59-53(65)67-5)33-15-19-69-20-16-33)49-55-41-13-11-39(27-43(41)57-49)37-9-7-36-26-38(10-8-35(36)25-37)40-12-14-42-44(28-40)58-50(56-42)46-24-30(2)32(4)62(46)52(64)48(60-54(66)68-6)34-17-21-70-22-18-34/h7-14,25-34,45-48H,15-24H2,1-6H3,(H,55,57)(H,56,58)(H,59,65)(H,60,66)/t29-,30-,31-,32-,45+,46+,47+,48+/m1/s1. The second kappa shape index (κ2) is 19.7. The number of amides is 4. The number of carbonyl (C=O) groups is 4. The van der Waals surface area contributed by atoms with Gasteiger partial charge in [0.25, 0.3) is 0 Å². The average molecular weight is 953 g/mol. The molecule has 4 fully saturated rings. The van der Waals surface area contributed by atoms with Crippen LogP contribution >= 0.6 is 0 Å². The van der Waals surface area contributed by atoms with Gasteiger partial charge in [0.05, 0.1) is 48.4 Å². The van der Waals surface area contributed by atoms with E-state index < -0.39 is 24.3 Å². The van der Waals surface area contributed by atoms with E-state index in [9.17, 15) is 19.2 Å². The molecule has 0 bridgehead atoms. The van der Waals surface area contributed by atoms with E-state index in [-0.39, 0.29) is 59.7 Å². The summed E-state index contributed by atoms with van der Waals surface area (Å²) in [6, 6.07) is 23.4. The van der Waals surface area contributed by atoms with Crippen molar-refractivity contribution >= 4 is 56.8 Å². The molecule has 4 N–H and O–H groups in total. The maximum Gasteiger partial charge on any atom is 0.407 e. The second-order valence-corrected chi connectivity index (χ2v) is 20.0. The number of hydrogen-bond acceptors (Lipinski definition) is 10. The Balaban J connectivity index is 0.873. The third-order valence-electron chi connectivity index (χ3n) is 16.0. The van der Waals surface area contributed by atoms with Gasteiger partial charge in [-0.1, -0.05) is 50.2 Å². The SMILES string of the molecule is COC(=O)N[C@H](C(=O)N1[C@H](C)[C@H](C)C[C@H]1c1nc2ccc(-c3ccc4cc(-c5ccc6nc([C@@H]7C[C@@H](C)[C@@H](C)N7C(=O)[C@@H](NC(=O)OC)C7CCOCC7)[nH]c6c5)ccc4c3)cc2[nH]1)C1CCOCC1. The summed E-state index contributed by atoms with van der Waals surface area (Å²) in [6.45, 7) is 10.7. The highest BCUT2D eigenvalue weighted by Crippen LogP contribution is 2.43. The molecule has 16 nitrogen and oxygen atoms in total. The molecule has 16 heteroatoms. The number of nitrogens with one attached hydrogen (secondary N) is 4. The van der Waals surface area contributed by atoms with Crippen LogP contribution in [0.25, 0.3) is 55.1 Å². The lowest BCUT2D eigenvalue weighted by atomic mass is 9.90. The molecule has 4 aliphatic heterocycles. The molecule has 0 unspecified atom stereocenters. The van der Waals surface area contributed by atoms with Crippen molar-refractivity contribution in [2.75, 3.05) is 40.6 Å². The van der Waals surface area contributed by atoms with E-state index in [2.05, 4.69) is 109 Å². The molecular weight excluding hydrogens is 889 g/mol. The first-order valence-electron chi connectivity index (χ1n) is 24.9. The number of methoxy groups -OCH3 is 2. The maximum absolute atomic E-state index is 14.5. The first-order valence-corrected chi connectivity index (χ1v) is 24.9. The van der Waals surface area contributed by atoms with E-state index in [1.165, 1.54) is 14.2 Å². The molecule has 0 saturated carbocycles. The third-order valence-corrected chi connectivity index (χ3v) is 16.0. The fraction of sp³-hybridized carbons (Fsp3) is 0.481. The van der Waals surface area contributed by atoms with Crippen molar-refractivity contribution in [3.63, 3.8) is 0 Å². The maximum atomic E-state index is 14.5. The number of alkyl carbamates (subject to hydrolysis) is 2. The van der Waals surface area contributed by atoms with Gasteiger partial charge < -0.3 is 49.3 Å². The van der Waals surface area contributed by atoms with Gasteiger partial charge in [0.15, 0.2) is 0 Å². The van der Waals surface area contributed by atoms with E-state index in [0.29, 0.717) is 52.1 Å². The molecule has 0 radical (unpaired) electrons. The Bertz CT molecular complexity index is 2730. The van der Waals surface area contributed by atoms with E-state index in [1.807, 2.05) is 21.9 Å². The number of aromatic amines is 2. The normalized spacial score (nSPS) is 24.3. The quantitative estimate of drug-likeness (QED) is 0.103. The molecule has 10 rings (SSSR count). The Labute approximate surface area is 407 Å². The number of ether oxygens (including phenoxy) is 4. The van der Waals surface area contributed by atoms with E-state index >= 15 is 0 Å². The van der Waals surface area contributed by atoms with Gasteiger partial charge in [0.2, 0.25) is 11.8 Å². The summed E-state index contributed by atoms with van der Waals surface area (Å²) in [5.74, 6) is 1.58. The van der Waals surface area contributed by atoms with Crippen LogP contribution in [0.3, 0.4) is 0 Å². The number of H-pyrrole nitrogens is 2. The van der Waals surface area contributed by atoms with Crippen molar-refractivity contribution < 1.29 is 38.1 Å².